The van der Waals surface area contributed by atoms with Crippen LogP contribution in [-0.4, -0.2) is 45.1 Å². The molecule has 4 rings (SSSR count). The quantitative estimate of drug-likeness (QED) is 0.563. The fourth-order valence-electron chi connectivity index (χ4n) is 4.04. The Hall–Kier alpha value is -3.26. The van der Waals surface area contributed by atoms with Crippen molar-refractivity contribution in [2.45, 2.75) is 45.9 Å². The van der Waals surface area contributed by atoms with E-state index in [0.29, 0.717) is 5.82 Å². The molecule has 1 unspecified atom stereocenters. The van der Waals surface area contributed by atoms with Gasteiger partial charge >= 0.3 is 0 Å². The van der Waals surface area contributed by atoms with Gasteiger partial charge in [0, 0.05) is 37.5 Å². The predicted octanol–water partition coefficient (Wildman–Crippen LogP) is 2.71. The van der Waals surface area contributed by atoms with E-state index in [2.05, 4.69) is 37.4 Å². The zero-order chi connectivity index (χ0) is 22.0. The first kappa shape index (κ1) is 21.0. The maximum atomic E-state index is 11.4. The summed E-state index contributed by atoms with van der Waals surface area (Å²) >= 11 is 0. The summed E-state index contributed by atoms with van der Waals surface area (Å²) in [6.07, 6.45) is 2.68. The van der Waals surface area contributed by atoms with Gasteiger partial charge in [-0.2, -0.15) is 0 Å². The molecule has 1 amide bonds. The summed E-state index contributed by atoms with van der Waals surface area (Å²) in [5.41, 5.74) is 2.74. The van der Waals surface area contributed by atoms with Gasteiger partial charge in [0.15, 0.2) is 0 Å². The molecule has 0 radical (unpaired) electrons. The molecule has 0 spiro atoms. The molecule has 2 aromatic heterocycles. The molecular formula is C23H28N6O2. The van der Waals surface area contributed by atoms with Gasteiger partial charge < -0.3 is 20.6 Å². The first-order chi connectivity index (χ1) is 14.9. The Morgan fingerprint density at radius 2 is 2.16 bits per heavy atom. The van der Waals surface area contributed by atoms with E-state index in [0.717, 1.165) is 53.2 Å². The SMILES string of the molecule is CC(=O)N[C@@H]1CCN(c2cc3c(NC(C)c4cccc(CO)c4)nc(C)nc3cn2)C1. The Balaban J connectivity index is 1.62. The molecule has 0 bridgehead atoms. The van der Waals surface area contributed by atoms with Crippen molar-refractivity contribution in [1.29, 1.82) is 0 Å². The highest BCUT2D eigenvalue weighted by molar-refractivity contribution is 5.90. The number of amides is 1. The van der Waals surface area contributed by atoms with E-state index in [1.165, 1.54) is 0 Å². The van der Waals surface area contributed by atoms with Gasteiger partial charge in [-0.1, -0.05) is 24.3 Å². The second-order valence-corrected chi connectivity index (χ2v) is 8.08. The van der Waals surface area contributed by atoms with Crippen LogP contribution < -0.4 is 15.5 Å². The third-order valence-electron chi connectivity index (χ3n) is 5.59. The largest absolute Gasteiger partial charge is 0.392 e. The van der Waals surface area contributed by atoms with Crippen LogP contribution in [0.2, 0.25) is 0 Å². The number of aryl methyl sites for hydroxylation is 1. The van der Waals surface area contributed by atoms with Crippen LogP contribution in [-0.2, 0) is 11.4 Å². The second-order valence-electron chi connectivity index (χ2n) is 8.08. The van der Waals surface area contributed by atoms with Crippen molar-refractivity contribution in [2.75, 3.05) is 23.3 Å². The molecule has 0 saturated carbocycles. The number of anilines is 2. The van der Waals surface area contributed by atoms with E-state index in [-0.39, 0.29) is 24.6 Å². The number of aromatic nitrogens is 3. The lowest BCUT2D eigenvalue weighted by molar-refractivity contribution is -0.119. The topological polar surface area (TPSA) is 103 Å². The lowest BCUT2D eigenvalue weighted by Crippen LogP contribution is -2.35. The van der Waals surface area contributed by atoms with Crippen LogP contribution in [0.5, 0.6) is 0 Å². The van der Waals surface area contributed by atoms with Crippen LogP contribution in [0, 0.1) is 6.92 Å². The van der Waals surface area contributed by atoms with Crippen molar-refractivity contribution in [1.82, 2.24) is 20.3 Å². The van der Waals surface area contributed by atoms with Crippen LogP contribution in [0.1, 0.15) is 43.3 Å². The predicted molar refractivity (Wildman–Crippen MR) is 121 cm³/mol. The average molecular weight is 421 g/mol. The molecule has 31 heavy (non-hydrogen) atoms. The molecule has 8 nitrogen and oxygen atoms in total. The zero-order valence-electron chi connectivity index (χ0n) is 18.1. The van der Waals surface area contributed by atoms with Crippen molar-refractivity contribution in [3.63, 3.8) is 0 Å². The van der Waals surface area contributed by atoms with Gasteiger partial charge in [-0.05, 0) is 37.5 Å². The summed E-state index contributed by atoms with van der Waals surface area (Å²) in [5.74, 6) is 2.28. The number of hydrogen-bond acceptors (Lipinski definition) is 7. The Morgan fingerprint density at radius 1 is 1.32 bits per heavy atom. The smallest absolute Gasteiger partial charge is 0.217 e. The van der Waals surface area contributed by atoms with Crippen LogP contribution in [0.15, 0.2) is 36.5 Å². The number of carbonyl (C=O) groups excluding carboxylic acids is 1. The number of rotatable bonds is 6. The normalized spacial score (nSPS) is 17.0. The Morgan fingerprint density at radius 3 is 2.94 bits per heavy atom. The minimum absolute atomic E-state index is 0.00320. The number of benzene rings is 1. The van der Waals surface area contributed by atoms with Crippen molar-refractivity contribution in [3.05, 3.63) is 53.5 Å². The summed E-state index contributed by atoms with van der Waals surface area (Å²) in [6.45, 7) is 7.07. The highest BCUT2D eigenvalue weighted by Crippen LogP contribution is 2.28. The third-order valence-corrected chi connectivity index (χ3v) is 5.59. The van der Waals surface area contributed by atoms with Gasteiger partial charge in [0.2, 0.25) is 5.91 Å². The molecule has 1 fully saturated rings. The van der Waals surface area contributed by atoms with Crippen molar-refractivity contribution < 1.29 is 9.90 Å². The summed E-state index contributed by atoms with van der Waals surface area (Å²) in [5, 5.41) is 16.8. The van der Waals surface area contributed by atoms with Crippen molar-refractivity contribution in [2.24, 2.45) is 0 Å². The molecule has 0 aliphatic carbocycles. The van der Waals surface area contributed by atoms with Crippen molar-refractivity contribution in [3.8, 4) is 0 Å². The molecule has 1 aliphatic heterocycles. The van der Waals surface area contributed by atoms with E-state index >= 15 is 0 Å². The first-order valence-electron chi connectivity index (χ1n) is 10.6. The van der Waals surface area contributed by atoms with E-state index in [4.69, 9.17) is 0 Å². The second kappa shape index (κ2) is 8.85. The summed E-state index contributed by atoms with van der Waals surface area (Å²) in [4.78, 5) is 27.4. The van der Waals surface area contributed by atoms with Gasteiger partial charge in [-0.3, -0.25) is 4.79 Å². The Kier molecular flexibility index (Phi) is 5.99. The average Bonchev–Trinajstić information content (AvgIpc) is 3.21. The van der Waals surface area contributed by atoms with E-state index in [1.807, 2.05) is 37.3 Å². The molecular weight excluding hydrogens is 392 g/mol. The monoisotopic (exact) mass is 420 g/mol. The molecule has 3 heterocycles. The first-order valence-corrected chi connectivity index (χ1v) is 10.6. The Bertz CT molecular complexity index is 1100. The van der Waals surface area contributed by atoms with Crippen LogP contribution in [0.3, 0.4) is 0 Å². The van der Waals surface area contributed by atoms with Gasteiger partial charge in [-0.25, -0.2) is 15.0 Å². The van der Waals surface area contributed by atoms with Crippen molar-refractivity contribution >= 4 is 28.4 Å². The number of hydrogen-bond donors (Lipinski definition) is 3. The van der Waals surface area contributed by atoms with Gasteiger partial charge in [0.25, 0.3) is 0 Å². The summed E-state index contributed by atoms with van der Waals surface area (Å²) in [7, 11) is 0. The Labute approximate surface area is 181 Å². The minimum Gasteiger partial charge on any atom is -0.392 e. The van der Waals surface area contributed by atoms with Crippen LogP contribution >= 0.6 is 0 Å². The lowest BCUT2D eigenvalue weighted by atomic mass is 10.1. The molecule has 1 saturated heterocycles. The van der Waals surface area contributed by atoms with E-state index in [1.54, 1.807) is 13.1 Å². The number of nitrogens with zero attached hydrogens (tertiary/aromatic N) is 4. The van der Waals surface area contributed by atoms with Gasteiger partial charge in [-0.15, -0.1) is 0 Å². The molecule has 1 aliphatic rings. The molecule has 162 valence electrons. The minimum atomic E-state index is -0.00654. The number of carbonyl (C=O) groups is 1. The third kappa shape index (κ3) is 4.74. The van der Waals surface area contributed by atoms with Crippen LogP contribution in [0.4, 0.5) is 11.6 Å². The van der Waals surface area contributed by atoms with Gasteiger partial charge in [0.05, 0.1) is 18.3 Å². The number of aliphatic hydroxyl groups excluding tert-OH is 1. The highest BCUT2D eigenvalue weighted by Gasteiger charge is 2.24. The summed E-state index contributed by atoms with van der Waals surface area (Å²) < 4.78 is 0. The van der Waals surface area contributed by atoms with Crippen LogP contribution in [0.25, 0.3) is 10.9 Å². The number of aliphatic hydroxyl groups is 1. The maximum absolute atomic E-state index is 11.4. The zero-order valence-corrected chi connectivity index (χ0v) is 18.1. The maximum Gasteiger partial charge on any atom is 0.217 e. The number of fused-ring (bicyclic) bond motifs is 1. The standard InChI is InChI=1S/C23H28N6O2/c1-14(18-6-4-5-17(9-18)13-30)25-23-20-10-22(24-11-21(20)26-15(2)27-23)29-8-7-19(12-29)28-16(3)31/h4-6,9-11,14,19,30H,7-8,12-13H2,1-3H3,(H,28,31)(H,25,26,27)/t14?,19-/m1/s1. The molecule has 8 heteroatoms. The fourth-order valence-corrected chi connectivity index (χ4v) is 4.04. The molecule has 1 aromatic carbocycles. The molecule has 2 atom stereocenters. The lowest BCUT2D eigenvalue weighted by Gasteiger charge is -2.20. The summed E-state index contributed by atoms with van der Waals surface area (Å²) in [6, 6.07) is 10.0. The van der Waals surface area contributed by atoms with E-state index in [9.17, 15) is 9.90 Å². The van der Waals surface area contributed by atoms with E-state index < -0.39 is 0 Å². The highest BCUT2D eigenvalue weighted by atomic mass is 16.3. The number of nitrogens with one attached hydrogen (secondary N) is 2. The fraction of sp³-hybridized carbons (Fsp3) is 0.391. The molecule has 3 N–H and O–H groups in total. The number of pyridine rings is 1. The molecule has 3 aromatic rings. The van der Waals surface area contributed by atoms with Gasteiger partial charge in [0.1, 0.15) is 17.5 Å².